The van der Waals surface area contributed by atoms with Gasteiger partial charge in [0, 0.05) is 5.56 Å². The average Bonchev–Trinajstić information content (AvgIpc) is 2.39. The minimum Gasteiger partial charge on any atom is -0.491 e. The molecule has 0 heterocycles. The van der Waals surface area contributed by atoms with Crippen LogP contribution in [0.5, 0.6) is 5.75 Å². The molecule has 2 aromatic rings. The summed E-state index contributed by atoms with van der Waals surface area (Å²) in [6.45, 7) is 5.98. The molecule has 0 N–H and O–H groups in total. The van der Waals surface area contributed by atoms with Crippen molar-refractivity contribution in [3.63, 3.8) is 0 Å². The number of aldehydes is 1. The fourth-order valence-corrected chi connectivity index (χ4v) is 2.03. The molecule has 0 fully saturated rings. The van der Waals surface area contributed by atoms with E-state index in [4.69, 9.17) is 4.74 Å². The first kappa shape index (κ1) is 13.3. The van der Waals surface area contributed by atoms with Gasteiger partial charge >= 0.3 is 0 Å². The Bertz CT molecular complexity index is 568. The molecule has 0 amide bonds. The summed E-state index contributed by atoms with van der Waals surface area (Å²) < 4.78 is 5.61. The highest BCUT2D eigenvalue weighted by molar-refractivity contribution is 5.87. The van der Waals surface area contributed by atoms with E-state index in [1.165, 1.54) is 0 Å². The molecule has 0 aromatic heterocycles. The summed E-state index contributed by atoms with van der Waals surface area (Å²) in [5.41, 5.74) is 3.79. The van der Waals surface area contributed by atoms with Gasteiger partial charge in [0.25, 0.3) is 0 Å². The summed E-state index contributed by atoms with van der Waals surface area (Å²) in [6, 6.07) is 13.7. The lowest BCUT2D eigenvalue weighted by atomic mass is 9.98. The molecule has 0 atom stereocenters. The molecule has 2 heteroatoms. The summed E-state index contributed by atoms with van der Waals surface area (Å²) in [6.07, 6.45) is 1.07. The van der Waals surface area contributed by atoms with Crippen LogP contribution in [0.1, 0.15) is 29.8 Å². The van der Waals surface area contributed by atoms with Gasteiger partial charge in [0.2, 0.25) is 0 Å². The topological polar surface area (TPSA) is 26.3 Å². The molecule has 0 radical (unpaired) electrons. The van der Waals surface area contributed by atoms with Crippen LogP contribution in [0.25, 0.3) is 11.1 Å². The van der Waals surface area contributed by atoms with E-state index in [0.717, 1.165) is 34.3 Å². The van der Waals surface area contributed by atoms with Crippen LogP contribution in [0.2, 0.25) is 0 Å². The predicted octanol–water partition coefficient (Wildman–Crippen LogP) is 4.26. The van der Waals surface area contributed by atoms with Gasteiger partial charge in [0.1, 0.15) is 5.75 Å². The van der Waals surface area contributed by atoms with Gasteiger partial charge in [-0.1, -0.05) is 29.8 Å². The third-order valence-electron chi connectivity index (χ3n) is 2.87. The minimum absolute atomic E-state index is 0.163. The highest BCUT2D eigenvalue weighted by Gasteiger charge is 2.05. The van der Waals surface area contributed by atoms with Crippen molar-refractivity contribution < 1.29 is 9.53 Å². The van der Waals surface area contributed by atoms with Crippen LogP contribution in [0.4, 0.5) is 0 Å². The Morgan fingerprint density at radius 3 is 2.32 bits per heavy atom. The SMILES string of the molecule is Cc1ccc(-c2ccc(OC(C)C)cc2)c(C=O)c1. The molecule has 0 spiro atoms. The van der Waals surface area contributed by atoms with E-state index in [1.54, 1.807) is 0 Å². The van der Waals surface area contributed by atoms with Crippen LogP contribution >= 0.6 is 0 Å². The van der Waals surface area contributed by atoms with Crippen molar-refractivity contribution in [3.05, 3.63) is 53.6 Å². The fraction of sp³-hybridized carbons (Fsp3) is 0.235. The van der Waals surface area contributed by atoms with Crippen LogP contribution in [-0.2, 0) is 0 Å². The molecule has 0 aliphatic heterocycles. The molecule has 0 aliphatic rings. The summed E-state index contributed by atoms with van der Waals surface area (Å²) in [4.78, 5) is 11.1. The van der Waals surface area contributed by atoms with Gasteiger partial charge in [0.15, 0.2) is 6.29 Å². The zero-order valence-corrected chi connectivity index (χ0v) is 11.5. The lowest BCUT2D eigenvalue weighted by Gasteiger charge is -2.11. The Morgan fingerprint density at radius 1 is 1.05 bits per heavy atom. The zero-order valence-electron chi connectivity index (χ0n) is 11.5. The van der Waals surface area contributed by atoms with E-state index in [1.807, 2.05) is 63.2 Å². The van der Waals surface area contributed by atoms with Crippen molar-refractivity contribution in [2.45, 2.75) is 26.9 Å². The molecule has 98 valence electrons. The smallest absolute Gasteiger partial charge is 0.150 e. The second-order valence-corrected chi connectivity index (χ2v) is 4.90. The zero-order chi connectivity index (χ0) is 13.8. The molecule has 0 bridgehead atoms. The Hall–Kier alpha value is -2.09. The number of hydrogen-bond donors (Lipinski definition) is 0. The molecule has 19 heavy (non-hydrogen) atoms. The van der Waals surface area contributed by atoms with Gasteiger partial charge in [-0.25, -0.2) is 0 Å². The standard InChI is InChI=1S/C17H18O2/c1-12(2)19-16-7-5-14(6-8-16)17-9-4-13(3)10-15(17)11-18/h4-12H,1-3H3. The van der Waals surface area contributed by atoms with Gasteiger partial charge in [-0.15, -0.1) is 0 Å². The molecule has 2 rings (SSSR count). The van der Waals surface area contributed by atoms with E-state index in [-0.39, 0.29) is 6.10 Å². The second kappa shape index (κ2) is 5.70. The third kappa shape index (κ3) is 3.22. The van der Waals surface area contributed by atoms with E-state index < -0.39 is 0 Å². The van der Waals surface area contributed by atoms with Gasteiger partial charge in [-0.3, -0.25) is 4.79 Å². The number of carbonyl (C=O) groups excluding carboxylic acids is 1. The fourth-order valence-electron chi connectivity index (χ4n) is 2.03. The maximum atomic E-state index is 11.1. The molecule has 0 aliphatic carbocycles. The first-order valence-electron chi connectivity index (χ1n) is 6.43. The number of aryl methyl sites for hydroxylation is 1. The van der Waals surface area contributed by atoms with Crippen molar-refractivity contribution in [2.75, 3.05) is 0 Å². The first-order chi connectivity index (χ1) is 9.10. The third-order valence-corrected chi connectivity index (χ3v) is 2.87. The van der Waals surface area contributed by atoms with Crippen LogP contribution in [0, 0.1) is 6.92 Å². The quantitative estimate of drug-likeness (QED) is 0.762. The summed E-state index contributed by atoms with van der Waals surface area (Å²) in [5, 5.41) is 0. The predicted molar refractivity (Wildman–Crippen MR) is 77.8 cm³/mol. The van der Waals surface area contributed by atoms with Gasteiger partial charge in [0.05, 0.1) is 6.10 Å². The van der Waals surface area contributed by atoms with E-state index >= 15 is 0 Å². The maximum absolute atomic E-state index is 11.1. The monoisotopic (exact) mass is 254 g/mol. The Kier molecular flexibility index (Phi) is 4.00. The van der Waals surface area contributed by atoms with Crippen LogP contribution in [0.3, 0.4) is 0 Å². The molecule has 0 saturated carbocycles. The van der Waals surface area contributed by atoms with Gasteiger partial charge in [-0.05, 0) is 50.1 Å². The summed E-state index contributed by atoms with van der Waals surface area (Å²) in [5.74, 6) is 0.846. The van der Waals surface area contributed by atoms with Crippen LogP contribution < -0.4 is 4.74 Å². The maximum Gasteiger partial charge on any atom is 0.150 e. The van der Waals surface area contributed by atoms with Gasteiger partial charge in [-0.2, -0.15) is 0 Å². The van der Waals surface area contributed by atoms with E-state index in [0.29, 0.717) is 0 Å². The number of ether oxygens (including phenoxy) is 1. The molecular formula is C17H18O2. The molecular weight excluding hydrogens is 236 g/mol. The molecule has 0 saturated heterocycles. The van der Waals surface area contributed by atoms with Gasteiger partial charge < -0.3 is 4.74 Å². The largest absolute Gasteiger partial charge is 0.491 e. The highest BCUT2D eigenvalue weighted by atomic mass is 16.5. The summed E-state index contributed by atoms with van der Waals surface area (Å²) >= 11 is 0. The average molecular weight is 254 g/mol. The van der Waals surface area contributed by atoms with Crippen molar-refractivity contribution in [1.29, 1.82) is 0 Å². The van der Waals surface area contributed by atoms with Crippen LogP contribution in [-0.4, -0.2) is 12.4 Å². The van der Waals surface area contributed by atoms with Crippen molar-refractivity contribution in [3.8, 4) is 16.9 Å². The Labute approximate surface area is 114 Å². The van der Waals surface area contributed by atoms with E-state index in [2.05, 4.69) is 0 Å². The number of carbonyl (C=O) groups is 1. The molecule has 2 nitrogen and oxygen atoms in total. The second-order valence-electron chi connectivity index (χ2n) is 4.90. The lowest BCUT2D eigenvalue weighted by molar-refractivity contribution is 0.112. The van der Waals surface area contributed by atoms with Crippen LogP contribution in [0.15, 0.2) is 42.5 Å². The normalized spacial score (nSPS) is 10.5. The molecule has 2 aromatic carbocycles. The van der Waals surface area contributed by atoms with Crippen molar-refractivity contribution in [2.24, 2.45) is 0 Å². The lowest BCUT2D eigenvalue weighted by Crippen LogP contribution is -2.05. The Morgan fingerprint density at radius 2 is 1.74 bits per heavy atom. The Balaban J connectivity index is 2.34. The van der Waals surface area contributed by atoms with Crippen molar-refractivity contribution >= 4 is 6.29 Å². The molecule has 0 unspecified atom stereocenters. The minimum atomic E-state index is 0.163. The van der Waals surface area contributed by atoms with E-state index in [9.17, 15) is 4.79 Å². The number of benzene rings is 2. The number of hydrogen-bond acceptors (Lipinski definition) is 2. The van der Waals surface area contributed by atoms with Crippen molar-refractivity contribution in [1.82, 2.24) is 0 Å². The number of rotatable bonds is 4. The first-order valence-corrected chi connectivity index (χ1v) is 6.43. The highest BCUT2D eigenvalue weighted by Crippen LogP contribution is 2.26. The summed E-state index contributed by atoms with van der Waals surface area (Å²) in [7, 11) is 0.